The zero-order chi connectivity index (χ0) is 11.3. The molecule has 0 saturated carbocycles. The Kier molecular flexibility index (Phi) is 4.92. The van der Waals surface area contributed by atoms with Crippen LogP contribution in [0, 0.1) is 17.2 Å². The minimum absolute atomic E-state index is 0.0548. The molecule has 0 aromatic carbocycles. The fourth-order valence-electron chi connectivity index (χ4n) is 1.52. The maximum Gasteiger partial charge on any atom is 0.240 e. The molecule has 1 saturated heterocycles. The molecule has 4 nitrogen and oxygen atoms in total. The van der Waals surface area contributed by atoms with E-state index in [0.29, 0.717) is 13.1 Å². The topological polar surface area (TPSA) is 56.1 Å². The summed E-state index contributed by atoms with van der Waals surface area (Å²) in [6, 6.07) is 2.10. The molecular weight excluding hydrogens is 210 g/mol. The highest BCUT2D eigenvalue weighted by atomic mass is 32.2. The summed E-state index contributed by atoms with van der Waals surface area (Å²) in [4.78, 5) is 13.7. The van der Waals surface area contributed by atoms with Crippen LogP contribution in [0.1, 0.15) is 13.8 Å². The lowest BCUT2D eigenvalue weighted by Gasteiger charge is -2.24. The van der Waals surface area contributed by atoms with Crippen LogP contribution in [0.2, 0.25) is 0 Å². The lowest BCUT2D eigenvalue weighted by molar-refractivity contribution is -0.132. The van der Waals surface area contributed by atoms with Crippen molar-refractivity contribution in [2.24, 2.45) is 5.92 Å². The first-order valence-corrected chi connectivity index (χ1v) is 6.34. The molecule has 1 fully saturated rings. The van der Waals surface area contributed by atoms with Gasteiger partial charge in [0, 0.05) is 24.7 Å². The highest BCUT2D eigenvalue weighted by Gasteiger charge is 2.27. The van der Waals surface area contributed by atoms with Crippen molar-refractivity contribution < 1.29 is 4.79 Å². The van der Waals surface area contributed by atoms with Gasteiger partial charge in [-0.15, -0.1) is 11.8 Å². The van der Waals surface area contributed by atoms with Crippen LogP contribution in [0.4, 0.5) is 0 Å². The number of rotatable bonds is 4. The fourth-order valence-corrected chi connectivity index (χ4v) is 2.45. The normalized spacial score (nSPS) is 22.1. The quantitative estimate of drug-likeness (QED) is 0.766. The Morgan fingerprint density at radius 2 is 2.53 bits per heavy atom. The van der Waals surface area contributed by atoms with Crippen molar-refractivity contribution in [2.45, 2.75) is 19.9 Å². The Hall–Kier alpha value is -0.730. The molecule has 15 heavy (non-hydrogen) atoms. The summed E-state index contributed by atoms with van der Waals surface area (Å²) in [6.45, 7) is 5.00. The zero-order valence-electron chi connectivity index (χ0n) is 9.19. The van der Waals surface area contributed by atoms with Gasteiger partial charge in [0.2, 0.25) is 5.91 Å². The standard InChI is InChI=1S/C10H17N3OS/c1-3-13(5-8(2)4-11)10(14)9-6-15-7-12-9/h8-9,12H,3,5-7H2,1-2H3. The van der Waals surface area contributed by atoms with E-state index in [1.54, 1.807) is 16.7 Å². The Morgan fingerprint density at radius 3 is 3.00 bits per heavy atom. The van der Waals surface area contributed by atoms with Crippen LogP contribution < -0.4 is 5.32 Å². The summed E-state index contributed by atoms with van der Waals surface area (Å²) in [5, 5.41) is 11.9. The molecule has 2 unspecified atom stereocenters. The van der Waals surface area contributed by atoms with Crippen LogP contribution in [-0.4, -0.2) is 41.6 Å². The second-order valence-corrected chi connectivity index (χ2v) is 4.71. The zero-order valence-corrected chi connectivity index (χ0v) is 10.0. The van der Waals surface area contributed by atoms with E-state index in [-0.39, 0.29) is 17.9 Å². The molecule has 0 aliphatic carbocycles. The summed E-state index contributed by atoms with van der Waals surface area (Å²) in [7, 11) is 0. The number of carbonyl (C=O) groups excluding carboxylic acids is 1. The van der Waals surface area contributed by atoms with Gasteiger partial charge < -0.3 is 4.90 Å². The molecule has 5 heteroatoms. The largest absolute Gasteiger partial charge is 0.340 e. The predicted molar refractivity (Wildman–Crippen MR) is 61.3 cm³/mol. The minimum Gasteiger partial charge on any atom is -0.340 e. The third kappa shape index (κ3) is 3.40. The third-order valence-electron chi connectivity index (χ3n) is 2.42. The number of amides is 1. The van der Waals surface area contributed by atoms with Gasteiger partial charge in [0.05, 0.1) is 18.0 Å². The molecule has 0 spiro atoms. The number of nitrogens with zero attached hydrogens (tertiary/aromatic N) is 2. The van der Waals surface area contributed by atoms with Crippen molar-refractivity contribution in [3.63, 3.8) is 0 Å². The summed E-state index contributed by atoms with van der Waals surface area (Å²) in [5.74, 6) is 1.73. The molecule has 1 aliphatic rings. The van der Waals surface area contributed by atoms with Crippen LogP contribution in [0.5, 0.6) is 0 Å². The van der Waals surface area contributed by atoms with Crippen molar-refractivity contribution in [3.05, 3.63) is 0 Å². The van der Waals surface area contributed by atoms with Crippen LogP contribution in [0.3, 0.4) is 0 Å². The third-order valence-corrected chi connectivity index (χ3v) is 3.36. The Bertz CT molecular complexity index is 258. The Labute approximate surface area is 95.0 Å². The summed E-state index contributed by atoms with van der Waals surface area (Å²) >= 11 is 1.74. The summed E-state index contributed by atoms with van der Waals surface area (Å²) in [6.07, 6.45) is 0. The Balaban J connectivity index is 2.50. The molecule has 0 radical (unpaired) electrons. The monoisotopic (exact) mass is 227 g/mol. The fraction of sp³-hybridized carbons (Fsp3) is 0.800. The van der Waals surface area contributed by atoms with E-state index in [1.165, 1.54) is 0 Å². The molecular formula is C10H17N3OS. The highest BCUT2D eigenvalue weighted by molar-refractivity contribution is 7.99. The molecule has 1 amide bonds. The second kappa shape index (κ2) is 5.99. The average Bonchev–Trinajstić information content (AvgIpc) is 2.77. The molecule has 84 valence electrons. The number of hydrogen-bond donors (Lipinski definition) is 1. The summed E-state index contributed by atoms with van der Waals surface area (Å²) < 4.78 is 0. The van der Waals surface area contributed by atoms with Gasteiger partial charge in [0.15, 0.2) is 0 Å². The second-order valence-electron chi connectivity index (χ2n) is 3.68. The molecule has 0 aromatic heterocycles. The molecule has 1 aliphatic heterocycles. The van der Waals surface area contributed by atoms with Gasteiger partial charge in [0.1, 0.15) is 0 Å². The first kappa shape index (κ1) is 12.3. The first-order chi connectivity index (χ1) is 7.19. The molecule has 0 aromatic rings. The number of thioether (sulfide) groups is 1. The highest BCUT2D eigenvalue weighted by Crippen LogP contribution is 2.12. The molecule has 1 rings (SSSR count). The van der Waals surface area contributed by atoms with Gasteiger partial charge in [0.25, 0.3) is 0 Å². The maximum atomic E-state index is 12.0. The van der Waals surface area contributed by atoms with Gasteiger partial charge in [-0.2, -0.15) is 5.26 Å². The van der Waals surface area contributed by atoms with Crippen LogP contribution in [0.25, 0.3) is 0 Å². The minimum atomic E-state index is -0.0945. The molecule has 2 atom stereocenters. The van der Waals surface area contributed by atoms with Gasteiger partial charge in [-0.05, 0) is 13.8 Å². The van der Waals surface area contributed by atoms with E-state index in [4.69, 9.17) is 5.26 Å². The van der Waals surface area contributed by atoms with Gasteiger partial charge in [-0.25, -0.2) is 0 Å². The molecule has 1 N–H and O–H groups in total. The Morgan fingerprint density at radius 1 is 1.80 bits per heavy atom. The molecule has 1 heterocycles. The first-order valence-electron chi connectivity index (χ1n) is 5.18. The van der Waals surface area contributed by atoms with E-state index in [0.717, 1.165) is 11.6 Å². The summed E-state index contributed by atoms with van der Waals surface area (Å²) in [5.41, 5.74) is 0. The van der Waals surface area contributed by atoms with E-state index >= 15 is 0 Å². The van der Waals surface area contributed by atoms with Crippen molar-refractivity contribution >= 4 is 17.7 Å². The number of nitriles is 1. The smallest absolute Gasteiger partial charge is 0.240 e. The van der Waals surface area contributed by atoms with E-state index in [9.17, 15) is 4.79 Å². The predicted octanol–water partition coefficient (Wildman–Crippen LogP) is 0.657. The lowest BCUT2D eigenvalue weighted by atomic mass is 10.2. The van der Waals surface area contributed by atoms with E-state index in [1.807, 2.05) is 13.8 Å². The van der Waals surface area contributed by atoms with E-state index in [2.05, 4.69) is 11.4 Å². The maximum absolute atomic E-state index is 12.0. The average molecular weight is 227 g/mol. The lowest BCUT2D eigenvalue weighted by Crippen LogP contribution is -2.46. The van der Waals surface area contributed by atoms with Crippen LogP contribution in [0.15, 0.2) is 0 Å². The van der Waals surface area contributed by atoms with Gasteiger partial charge in [-0.3, -0.25) is 10.1 Å². The number of carbonyl (C=O) groups is 1. The molecule has 0 bridgehead atoms. The van der Waals surface area contributed by atoms with Crippen molar-refractivity contribution in [1.29, 1.82) is 5.26 Å². The number of nitrogens with one attached hydrogen (secondary N) is 1. The number of likely N-dealkylation sites (N-methyl/N-ethyl adjacent to an activating group) is 1. The number of hydrogen-bond acceptors (Lipinski definition) is 4. The van der Waals surface area contributed by atoms with Gasteiger partial charge >= 0.3 is 0 Å². The SMILES string of the molecule is CCN(CC(C)C#N)C(=O)C1CSCN1. The van der Waals surface area contributed by atoms with Gasteiger partial charge in [-0.1, -0.05) is 0 Å². The van der Waals surface area contributed by atoms with Crippen molar-refractivity contribution in [3.8, 4) is 6.07 Å². The van der Waals surface area contributed by atoms with E-state index < -0.39 is 0 Å². The van der Waals surface area contributed by atoms with Crippen LogP contribution in [-0.2, 0) is 4.79 Å². The van der Waals surface area contributed by atoms with Crippen molar-refractivity contribution in [1.82, 2.24) is 10.2 Å². The van der Waals surface area contributed by atoms with Crippen LogP contribution >= 0.6 is 11.8 Å². The van der Waals surface area contributed by atoms with Crippen molar-refractivity contribution in [2.75, 3.05) is 24.7 Å².